The third-order valence-electron chi connectivity index (χ3n) is 6.44. The van der Waals surface area contributed by atoms with Crippen LogP contribution in [0.4, 0.5) is 0 Å². The van der Waals surface area contributed by atoms with Crippen molar-refractivity contribution in [3.8, 4) is 0 Å². The zero-order valence-corrected chi connectivity index (χ0v) is 16.0. The van der Waals surface area contributed by atoms with E-state index in [1.165, 1.54) is 0 Å². The number of aromatic nitrogens is 3. The van der Waals surface area contributed by atoms with Gasteiger partial charge in [-0.1, -0.05) is 18.2 Å². The highest BCUT2D eigenvalue weighted by Crippen LogP contribution is 2.43. The van der Waals surface area contributed by atoms with Crippen LogP contribution in [0.1, 0.15) is 41.9 Å². The van der Waals surface area contributed by atoms with Crippen molar-refractivity contribution in [1.29, 1.82) is 0 Å². The number of piperidine rings is 1. The van der Waals surface area contributed by atoms with Gasteiger partial charge in [-0.3, -0.25) is 9.59 Å². The Morgan fingerprint density at radius 3 is 3.04 bits per heavy atom. The first-order chi connectivity index (χ1) is 13.6. The number of H-pyrrole nitrogens is 2. The van der Waals surface area contributed by atoms with Crippen LogP contribution in [-0.2, 0) is 23.1 Å². The molecule has 1 unspecified atom stereocenters. The van der Waals surface area contributed by atoms with Crippen LogP contribution >= 0.6 is 0 Å². The number of fused-ring (bicyclic) bond motifs is 3. The molecule has 0 bridgehead atoms. The molecule has 1 aliphatic carbocycles. The maximum atomic E-state index is 13.1. The summed E-state index contributed by atoms with van der Waals surface area (Å²) in [5.41, 5.74) is 3.67. The molecular formula is C22H24N4O2. The van der Waals surface area contributed by atoms with E-state index in [9.17, 15) is 9.59 Å². The Hall–Kier alpha value is -2.89. The minimum absolute atomic E-state index is 0.0124. The molecule has 1 amide bonds. The van der Waals surface area contributed by atoms with Gasteiger partial charge in [-0.05, 0) is 44.2 Å². The minimum atomic E-state index is -0.164. The molecule has 2 aromatic heterocycles. The summed E-state index contributed by atoms with van der Waals surface area (Å²) >= 11 is 0. The van der Waals surface area contributed by atoms with E-state index in [1.807, 2.05) is 36.2 Å². The zero-order chi connectivity index (χ0) is 19.3. The second-order valence-electron chi connectivity index (χ2n) is 8.21. The summed E-state index contributed by atoms with van der Waals surface area (Å²) in [5, 5.41) is 1.11. The molecule has 6 nitrogen and oxygen atoms in total. The van der Waals surface area contributed by atoms with Gasteiger partial charge in [0.25, 0.3) is 5.56 Å². The van der Waals surface area contributed by atoms with Crippen LogP contribution in [0.5, 0.6) is 0 Å². The highest BCUT2D eigenvalue weighted by atomic mass is 16.2. The van der Waals surface area contributed by atoms with Crippen LogP contribution < -0.4 is 5.56 Å². The third-order valence-corrected chi connectivity index (χ3v) is 6.44. The molecule has 1 fully saturated rings. The Bertz CT molecular complexity index is 1130. The number of nitrogens with one attached hydrogen (secondary N) is 2. The van der Waals surface area contributed by atoms with Crippen molar-refractivity contribution in [3.05, 3.63) is 63.5 Å². The van der Waals surface area contributed by atoms with Crippen LogP contribution in [-0.4, -0.2) is 38.8 Å². The number of para-hydroxylation sites is 1. The first-order valence-electron chi connectivity index (χ1n) is 9.99. The SMILES string of the molecule is Cc1nc2c(c(=O)[nH]1)CCC21CCCN(C(=O)Cc2c[nH]c3ccccc23)C1. The fourth-order valence-corrected chi connectivity index (χ4v) is 5.06. The molecule has 28 heavy (non-hydrogen) atoms. The number of carbonyl (C=O) groups is 1. The van der Waals surface area contributed by atoms with Crippen LogP contribution in [0.2, 0.25) is 0 Å². The van der Waals surface area contributed by atoms with Gasteiger partial charge < -0.3 is 14.9 Å². The topological polar surface area (TPSA) is 81.8 Å². The Morgan fingerprint density at radius 2 is 2.14 bits per heavy atom. The Labute approximate surface area is 163 Å². The van der Waals surface area contributed by atoms with E-state index >= 15 is 0 Å². The molecule has 3 heterocycles. The van der Waals surface area contributed by atoms with E-state index in [2.05, 4.69) is 16.0 Å². The number of benzene rings is 1. The number of aromatic amines is 2. The van der Waals surface area contributed by atoms with Crippen molar-refractivity contribution in [2.45, 2.75) is 44.4 Å². The molecule has 1 atom stereocenters. The van der Waals surface area contributed by atoms with Crippen molar-refractivity contribution < 1.29 is 4.79 Å². The molecule has 5 rings (SSSR count). The number of hydrogen-bond acceptors (Lipinski definition) is 3. The van der Waals surface area contributed by atoms with Crippen LogP contribution in [0.15, 0.2) is 35.3 Å². The van der Waals surface area contributed by atoms with Gasteiger partial charge in [-0.25, -0.2) is 4.98 Å². The van der Waals surface area contributed by atoms with Crippen LogP contribution in [0.3, 0.4) is 0 Å². The van der Waals surface area contributed by atoms with Crippen LogP contribution in [0.25, 0.3) is 10.9 Å². The van der Waals surface area contributed by atoms with E-state index < -0.39 is 0 Å². The Balaban J connectivity index is 1.41. The largest absolute Gasteiger partial charge is 0.361 e. The maximum Gasteiger partial charge on any atom is 0.254 e. The van der Waals surface area contributed by atoms with Gasteiger partial charge in [0.1, 0.15) is 5.82 Å². The molecule has 1 aliphatic heterocycles. The third kappa shape index (κ3) is 2.66. The monoisotopic (exact) mass is 376 g/mol. The number of nitrogens with zero attached hydrogens (tertiary/aromatic N) is 2. The molecule has 2 aliphatic rings. The summed E-state index contributed by atoms with van der Waals surface area (Å²) in [7, 11) is 0. The zero-order valence-electron chi connectivity index (χ0n) is 16.0. The molecule has 1 spiro atoms. The second kappa shape index (κ2) is 6.33. The molecule has 1 saturated heterocycles. The number of aryl methyl sites for hydroxylation is 1. The number of amides is 1. The normalized spacial score (nSPS) is 21.4. The molecular weight excluding hydrogens is 352 g/mol. The van der Waals surface area contributed by atoms with Gasteiger partial charge in [-0.15, -0.1) is 0 Å². The summed E-state index contributed by atoms with van der Waals surface area (Å²) in [6.07, 6.45) is 5.94. The van der Waals surface area contributed by atoms with E-state index in [0.29, 0.717) is 18.8 Å². The predicted molar refractivity (Wildman–Crippen MR) is 107 cm³/mol. The van der Waals surface area contributed by atoms with Crippen LogP contribution in [0, 0.1) is 6.92 Å². The number of likely N-dealkylation sites (tertiary alicyclic amines) is 1. The lowest BCUT2D eigenvalue weighted by Crippen LogP contribution is -2.48. The van der Waals surface area contributed by atoms with Crippen molar-refractivity contribution in [3.63, 3.8) is 0 Å². The summed E-state index contributed by atoms with van der Waals surface area (Å²) < 4.78 is 0. The summed E-state index contributed by atoms with van der Waals surface area (Å²) in [6, 6.07) is 8.08. The minimum Gasteiger partial charge on any atom is -0.361 e. The lowest BCUT2D eigenvalue weighted by Gasteiger charge is -2.40. The molecule has 0 radical (unpaired) electrons. The summed E-state index contributed by atoms with van der Waals surface area (Å²) in [5.74, 6) is 0.811. The Morgan fingerprint density at radius 1 is 1.29 bits per heavy atom. The average Bonchev–Trinajstić information content (AvgIpc) is 3.25. The van der Waals surface area contributed by atoms with E-state index in [1.54, 1.807) is 0 Å². The second-order valence-corrected chi connectivity index (χ2v) is 8.21. The van der Waals surface area contributed by atoms with E-state index in [4.69, 9.17) is 4.98 Å². The van der Waals surface area contributed by atoms with Crippen molar-refractivity contribution in [2.75, 3.05) is 13.1 Å². The van der Waals surface area contributed by atoms with Crippen molar-refractivity contribution in [2.24, 2.45) is 0 Å². The summed E-state index contributed by atoms with van der Waals surface area (Å²) in [4.78, 5) is 38.2. The fourth-order valence-electron chi connectivity index (χ4n) is 5.06. The van der Waals surface area contributed by atoms with Gasteiger partial charge in [-0.2, -0.15) is 0 Å². The molecule has 2 N–H and O–H groups in total. The number of hydrogen-bond donors (Lipinski definition) is 2. The van der Waals surface area contributed by atoms with Gasteiger partial charge in [0.2, 0.25) is 5.91 Å². The van der Waals surface area contributed by atoms with Gasteiger partial charge in [0.05, 0.1) is 12.1 Å². The highest BCUT2D eigenvalue weighted by molar-refractivity contribution is 5.89. The predicted octanol–water partition coefficient (Wildman–Crippen LogP) is 2.61. The standard InChI is InChI=1S/C22H24N4O2/c1-14-24-20-17(21(28)25-14)7-9-22(20)8-4-10-26(13-22)19(27)11-15-12-23-18-6-3-2-5-16(15)18/h2-3,5-6,12,23H,4,7-11,13H2,1H3,(H,24,25,28). The quantitative estimate of drug-likeness (QED) is 0.721. The van der Waals surface area contributed by atoms with Gasteiger partial charge >= 0.3 is 0 Å². The van der Waals surface area contributed by atoms with Gasteiger partial charge in [0, 0.05) is 41.2 Å². The highest BCUT2D eigenvalue weighted by Gasteiger charge is 2.45. The molecule has 144 valence electrons. The van der Waals surface area contributed by atoms with Crippen molar-refractivity contribution in [1.82, 2.24) is 19.9 Å². The van der Waals surface area contributed by atoms with Gasteiger partial charge in [0.15, 0.2) is 0 Å². The lowest BCUT2D eigenvalue weighted by molar-refractivity contribution is -0.132. The molecule has 3 aromatic rings. The maximum absolute atomic E-state index is 13.1. The smallest absolute Gasteiger partial charge is 0.254 e. The van der Waals surface area contributed by atoms with E-state index in [0.717, 1.165) is 60.0 Å². The van der Waals surface area contributed by atoms with E-state index in [-0.39, 0.29) is 16.9 Å². The lowest BCUT2D eigenvalue weighted by atomic mass is 9.77. The first-order valence-corrected chi connectivity index (χ1v) is 9.99. The van der Waals surface area contributed by atoms with Crippen molar-refractivity contribution >= 4 is 16.8 Å². The first kappa shape index (κ1) is 17.2. The number of rotatable bonds is 2. The Kier molecular flexibility index (Phi) is 3.89. The molecule has 6 heteroatoms. The molecule has 1 aromatic carbocycles. The summed E-state index contributed by atoms with van der Waals surface area (Å²) in [6.45, 7) is 3.27. The molecule has 0 saturated carbocycles. The fraction of sp³-hybridized carbons (Fsp3) is 0.409. The number of carbonyl (C=O) groups excluding carboxylic acids is 1. The average molecular weight is 376 g/mol.